The first-order valence-corrected chi connectivity index (χ1v) is 15.2. The van der Waals surface area contributed by atoms with Gasteiger partial charge < -0.3 is 20.4 Å². The minimum Gasteiger partial charge on any atom is -0.350 e. The maximum absolute atomic E-state index is 13.8. The smallest absolute Gasteiger partial charge is 0.251 e. The van der Waals surface area contributed by atoms with Gasteiger partial charge >= 0.3 is 0 Å². The number of amides is 3. The number of carbonyl (C=O) groups excluding carboxylic acids is 3. The van der Waals surface area contributed by atoms with E-state index >= 15 is 0 Å². The van der Waals surface area contributed by atoms with E-state index in [9.17, 15) is 14.4 Å². The molecular weight excluding hydrogens is 547 g/mol. The van der Waals surface area contributed by atoms with Crippen molar-refractivity contribution in [2.45, 2.75) is 69.9 Å². The molecule has 2 heterocycles. The molecule has 0 aromatic heterocycles. The van der Waals surface area contributed by atoms with Gasteiger partial charge in [0.25, 0.3) is 5.91 Å². The van der Waals surface area contributed by atoms with E-state index in [0.717, 1.165) is 38.8 Å². The highest BCUT2D eigenvalue weighted by Gasteiger charge is 2.33. The molecule has 1 unspecified atom stereocenters. The van der Waals surface area contributed by atoms with Crippen molar-refractivity contribution < 1.29 is 14.4 Å². The summed E-state index contributed by atoms with van der Waals surface area (Å²) in [5.74, 6) is 0.121. The number of nitrogens with one attached hydrogen (secondary N) is 2. The fourth-order valence-electron chi connectivity index (χ4n) is 5.62. The number of rotatable bonds is 10. The van der Waals surface area contributed by atoms with Gasteiger partial charge in [-0.05, 0) is 62.3 Å². The van der Waals surface area contributed by atoms with Gasteiger partial charge in [0.2, 0.25) is 11.8 Å². The number of halogens is 2. The lowest BCUT2D eigenvalue weighted by atomic mass is 9.95. The topological polar surface area (TPSA) is 81.8 Å². The van der Waals surface area contributed by atoms with Gasteiger partial charge in [-0.25, -0.2) is 0 Å². The number of hydrogen-bond acceptors (Lipinski definition) is 4. The highest BCUT2D eigenvalue weighted by atomic mass is 35.5. The number of piperidine rings is 1. The summed E-state index contributed by atoms with van der Waals surface area (Å²) in [6, 6.07) is 14.5. The third-order valence-corrected chi connectivity index (χ3v) is 8.78. The number of nitrogens with zero attached hydrogens (tertiary/aromatic N) is 2. The van der Waals surface area contributed by atoms with Crippen LogP contribution in [0.15, 0.2) is 48.5 Å². The maximum Gasteiger partial charge on any atom is 0.251 e. The van der Waals surface area contributed by atoms with Gasteiger partial charge in [0.1, 0.15) is 0 Å². The van der Waals surface area contributed by atoms with E-state index in [-0.39, 0.29) is 29.7 Å². The molecule has 0 radical (unpaired) electrons. The summed E-state index contributed by atoms with van der Waals surface area (Å²) in [5, 5.41) is 7.19. The van der Waals surface area contributed by atoms with E-state index in [1.165, 1.54) is 5.56 Å². The van der Waals surface area contributed by atoms with Crippen LogP contribution < -0.4 is 10.6 Å². The number of benzene rings is 2. The zero-order valence-corrected chi connectivity index (χ0v) is 24.7. The molecule has 2 aromatic carbocycles. The standard InChI is InChI=1S/C31H40Cl2N4O3/c1-2-22(23-9-5-3-6-10-23)21-37-18-15-25(20-34-30(39)24-11-12-26(32)27(33)19-24)35-28(31(37)40)13-14-29(38)36-16-7-4-8-17-36/h3,5-6,9-12,19,22,25,28,35H,2,4,7-8,13-18,20-21H2,1H3,(H,34,39)/t22-,25?,28+/m1/s1. The Hall–Kier alpha value is -2.61. The van der Waals surface area contributed by atoms with Crippen molar-refractivity contribution in [3.63, 3.8) is 0 Å². The number of likely N-dealkylation sites (tertiary alicyclic amines) is 1. The Kier molecular flexibility index (Phi) is 11.3. The first kappa shape index (κ1) is 30.4. The van der Waals surface area contributed by atoms with Crippen LogP contribution in [-0.2, 0) is 9.59 Å². The van der Waals surface area contributed by atoms with Crippen LogP contribution in [-0.4, -0.2) is 72.3 Å². The zero-order chi connectivity index (χ0) is 28.5. The predicted molar refractivity (Wildman–Crippen MR) is 160 cm³/mol. The summed E-state index contributed by atoms with van der Waals surface area (Å²) >= 11 is 12.1. The molecule has 2 saturated heterocycles. The van der Waals surface area contributed by atoms with Crippen molar-refractivity contribution in [1.82, 2.24) is 20.4 Å². The van der Waals surface area contributed by atoms with Gasteiger partial charge in [-0.2, -0.15) is 0 Å². The fraction of sp³-hybridized carbons (Fsp3) is 0.516. The Balaban J connectivity index is 1.44. The highest BCUT2D eigenvalue weighted by molar-refractivity contribution is 6.42. The molecule has 0 spiro atoms. The minimum absolute atomic E-state index is 0.0270. The lowest BCUT2D eigenvalue weighted by molar-refractivity contribution is -0.134. The quantitative estimate of drug-likeness (QED) is 0.397. The monoisotopic (exact) mass is 586 g/mol. The van der Waals surface area contributed by atoms with E-state index < -0.39 is 6.04 Å². The SMILES string of the molecule is CC[C@H](CN1CCC(CNC(=O)c2ccc(Cl)c(Cl)c2)N[C@@H](CCC(=O)N2CCCCC2)C1=O)c1ccccc1. The van der Waals surface area contributed by atoms with Crippen LogP contribution in [0.2, 0.25) is 10.0 Å². The van der Waals surface area contributed by atoms with Gasteiger partial charge in [-0.15, -0.1) is 0 Å². The molecule has 9 heteroatoms. The summed E-state index contributed by atoms with van der Waals surface area (Å²) in [7, 11) is 0. The molecule has 2 aliphatic heterocycles. The van der Waals surface area contributed by atoms with Gasteiger partial charge in [-0.1, -0.05) is 60.5 Å². The van der Waals surface area contributed by atoms with Crippen LogP contribution in [0.5, 0.6) is 0 Å². The molecule has 40 heavy (non-hydrogen) atoms. The highest BCUT2D eigenvalue weighted by Crippen LogP contribution is 2.24. The molecule has 2 aliphatic rings. The second-order valence-corrected chi connectivity index (χ2v) is 11.6. The van der Waals surface area contributed by atoms with Crippen LogP contribution in [0, 0.1) is 0 Å². The van der Waals surface area contributed by atoms with Crippen molar-refractivity contribution in [3.8, 4) is 0 Å². The lowest BCUT2D eigenvalue weighted by Gasteiger charge is -2.30. The van der Waals surface area contributed by atoms with Crippen molar-refractivity contribution in [1.29, 1.82) is 0 Å². The van der Waals surface area contributed by atoms with Crippen molar-refractivity contribution in [2.75, 3.05) is 32.7 Å². The first-order valence-electron chi connectivity index (χ1n) is 14.5. The van der Waals surface area contributed by atoms with Crippen LogP contribution >= 0.6 is 23.2 Å². The zero-order valence-electron chi connectivity index (χ0n) is 23.2. The Bertz CT molecular complexity index is 1160. The average molecular weight is 588 g/mol. The fourth-order valence-corrected chi connectivity index (χ4v) is 5.91. The second kappa shape index (κ2) is 14.9. The van der Waals surface area contributed by atoms with Crippen molar-refractivity contribution in [2.24, 2.45) is 0 Å². The molecule has 2 N–H and O–H groups in total. The second-order valence-electron chi connectivity index (χ2n) is 10.8. The Morgan fingerprint density at radius 3 is 2.48 bits per heavy atom. The Morgan fingerprint density at radius 2 is 1.77 bits per heavy atom. The third-order valence-electron chi connectivity index (χ3n) is 8.05. The van der Waals surface area contributed by atoms with Crippen molar-refractivity contribution in [3.05, 3.63) is 69.7 Å². The van der Waals surface area contributed by atoms with E-state index in [2.05, 4.69) is 29.7 Å². The Labute approximate surface area is 247 Å². The predicted octanol–water partition coefficient (Wildman–Crippen LogP) is 5.27. The first-order chi connectivity index (χ1) is 19.4. The van der Waals surface area contributed by atoms with Gasteiger partial charge in [-0.3, -0.25) is 14.4 Å². The molecule has 2 fully saturated rings. The van der Waals surface area contributed by atoms with E-state index in [0.29, 0.717) is 54.5 Å². The molecule has 216 valence electrons. The van der Waals surface area contributed by atoms with Crippen LogP contribution in [0.3, 0.4) is 0 Å². The summed E-state index contributed by atoms with van der Waals surface area (Å²) in [4.78, 5) is 43.4. The summed E-state index contributed by atoms with van der Waals surface area (Å²) < 4.78 is 0. The Morgan fingerprint density at radius 1 is 1.02 bits per heavy atom. The van der Waals surface area contributed by atoms with E-state index in [1.54, 1.807) is 18.2 Å². The maximum atomic E-state index is 13.8. The molecule has 4 rings (SSSR count). The van der Waals surface area contributed by atoms with Crippen LogP contribution in [0.1, 0.15) is 73.7 Å². The molecule has 3 amide bonds. The molecule has 0 saturated carbocycles. The van der Waals surface area contributed by atoms with E-state index in [4.69, 9.17) is 23.2 Å². The van der Waals surface area contributed by atoms with Crippen LogP contribution in [0.4, 0.5) is 0 Å². The lowest BCUT2D eigenvalue weighted by Crippen LogP contribution is -2.49. The molecule has 0 bridgehead atoms. The third kappa shape index (κ3) is 8.21. The molecule has 3 atom stereocenters. The normalized spacial score (nSPS) is 20.6. The summed E-state index contributed by atoms with van der Waals surface area (Å²) in [6.45, 7) is 5.31. The summed E-state index contributed by atoms with van der Waals surface area (Å²) in [5.41, 5.74) is 1.65. The van der Waals surface area contributed by atoms with Crippen molar-refractivity contribution >= 4 is 40.9 Å². The van der Waals surface area contributed by atoms with Gasteiger partial charge in [0, 0.05) is 56.7 Å². The average Bonchev–Trinajstić information content (AvgIpc) is 3.13. The molecule has 0 aliphatic carbocycles. The number of hydrogen-bond donors (Lipinski definition) is 2. The largest absolute Gasteiger partial charge is 0.350 e. The molecule has 2 aromatic rings. The van der Waals surface area contributed by atoms with Gasteiger partial charge in [0.05, 0.1) is 16.1 Å². The van der Waals surface area contributed by atoms with E-state index in [1.807, 2.05) is 28.0 Å². The van der Waals surface area contributed by atoms with Crippen LogP contribution in [0.25, 0.3) is 0 Å². The molecular formula is C31H40Cl2N4O3. The summed E-state index contributed by atoms with van der Waals surface area (Å²) in [6.07, 6.45) is 5.62. The minimum atomic E-state index is -0.489. The molecule has 7 nitrogen and oxygen atoms in total. The van der Waals surface area contributed by atoms with Gasteiger partial charge in [0.15, 0.2) is 0 Å². The number of carbonyl (C=O) groups is 3.